The Hall–Kier alpha value is -3.06. The molecule has 1 unspecified atom stereocenters. The summed E-state index contributed by atoms with van der Waals surface area (Å²) in [6.07, 6.45) is 0. The lowest BCUT2D eigenvalue weighted by molar-refractivity contribution is -0.118. The molecule has 7 heteroatoms. The molecule has 1 aliphatic heterocycles. The Kier molecular flexibility index (Phi) is 5.61. The predicted molar refractivity (Wildman–Crippen MR) is 107 cm³/mol. The highest BCUT2D eigenvalue weighted by Crippen LogP contribution is 2.33. The number of phenols is 1. The van der Waals surface area contributed by atoms with Gasteiger partial charge in [0, 0.05) is 12.2 Å². The average molecular weight is 383 g/mol. The Bertz CT molecular complexity index is 897. The highest BCUT2D eigenvalue weighted by molar-refractivity contribution is 7.80. The van der Waals surface area contributed by atoms with Gasteiger partial charge in [-0.1, -0.05) is 36.4 Å². The fourth-order valence-corrected chi connectivity index (χ4v) is 3.26. The standard InChI is InChI=1S/C20H21N3O3S/c1-12-17(19(25)21-11-13-6-4-3-5-7-13)18(23-20(27)22-12)14-8-9-15(24)16(10-14)26-2/h3-10,18,24H,11H2,1-2H3,(H,21,25)(H2,22,23,27). The number of carbonyl (C=O) groups is 1. The second kappa shape index (κ2) is 8.09. The summed E-state index contributed by atoms with van der Waals surface area (Å²) in [7, 11) is 1.48. The zero-order chi connectivity index (χ0) is 19.4. The van der Waals surface area contributed by atoms with E-state index < -0.39 is 6.04 Å². The molecular formula is C20H21N3O3S. The van der Waals surface area contributed by atoms with E-state index in [4.69, 9.17) is 17.0 Å². The minimum absolute atomic E-state index is 0.0357. The third-order valence-corrected chi connectivity index (χ3v) is 4.57. The molecule has 0 bridgehead atoms. The summed E-state index contributed by atoms with van der Waals surface area (Å²) in [6, 6.07) is 14.2. The number of allylic oxidation sites excluding steroid dienone is 1. The monoisotopic (exact) mass is 383 g/mol. The lowest BCUT2D eigenvalue weighted by Gasteiger charge is -2.30. The third-order valence-electron chi connectivity index (χ3n) is 4.35. The van der Waals surface area contributed by atoms with Crippen LogP contribution in [-0.2, 0) is 11.3 Å². The number of rotatable bonds is 5. The van der Waals surface area contributed by atoms with Crippen LogP contribution in [0.25, 0.3) is 0 Å². The van der Waals surface area contributed by atoms with Crippen molar-refractivity contribution in [3.05, 3.63) is 70.9 Å². The minimum Gasteiger partial charge on any atom is -0.504 e. The molecule has 3 rings (SSSR count). The van der Waals surface area contributed by atoms with E-state index >= 15 is 0 Å². The van der Waals surface area contributed by atoms with Gasteiger partial charge in [-0.3, -0.25) is 4.79 Å². The normalized spacial score (nSPS) is 16.4. The lowest BCUT2D eigenvalue weighted by atomic mass is 9.94. The number of benzene rings is 2. The van der Waals surface area contributed by atoms with Crippen molar-refractivity contribution >= 4 is 23.2 Å². The first-order valence-corrected chi connectivity index (χ1v) is 8.87. The van der Waals surface area contributed by atoms with Crippen LogP contribution in [0.2, 0.25) is 0 Å². The van der Waals surface area contributed by atoms with Crippen molar-refractivity contribution in [3.8, 4) is 11.5 Å². The number of carbonyl (C=O) groups excluding carboxylic acids is 1. The highest BCUT2D eigenvalue weighted by Gasteiger charge is 2.30. The van der Waals surface area contributed by atoms with E-state index in [9.17, 15) is 9.90 Å². The number of aromatic hydroxyl groups is 1. The van der Waals surface area contributed by atoms with Crippen molar-refractivity contribution in [1.29, 1.82) is 0 Å². The Morgan fingerprint density at radius 1 is 1.26 bits per heavy atom. The number of thiocarbonyl (C=S) groups is 1. The number of ether oxygens (including phenoxy) is 1. The molecule has 1 amide bonds. The Morgan fingerprint density at radius 3 is 2.70 bits per heavy atom. The molecule has 0 spiro atoms. The van der Waals surface area contributed by atoms with E-state index in [1.54, 1.807) is 12.1 Å². The SMILES string of the molecule is COc1cc(C2NC(=S)NC(C)=C2C(=O)NCc2ccccc2)ccc1O. The summed E-state index contributed by atoms with van der Waals surface area (Å²) in [5.41, 5.74) is 2.99. The fraction of sp³-hybridized carbons (Fsp3) is 0.200. The van der Waals surface area contributed by atoms with E-state index in [0.29, 0.717) is 28.7 Å². The fourth-order valence-electron chi connectivity index (χ4n) is 2.99. The Morgan fingerprint density at radius 2 is 2.00 bits per heavy atom. The molecular weight excluding hydrogens is 362 g/mol. The minimum atomic E-state index is -0.455. The van der Waals surface area contributed by atoms with Crippen molar-refractivity contribution in [2.24, 2.45) is 0 Å². The summed E-state index contributed by atoms with van der Waals surface area (Å²) < 4.78 is 5.19. The van der Waals surface area contributed by atoms with Gasteiger partial charge in [0.25, 0.3) is 5.91 Å². The zero-order valence-electron chi connectivity index (χ0n) is 15.1. The van der Waals surface area contributed by atoms with Crippen LogP contribution < -0.4 is 20.7 Å². The zero-order valence-corrected chi connectivity index (χ0v) is 15.9. The van der Waals surface area contributed by atoms with Crippen molar-refractivity contribution in [2.45, 2.75) is 19.5 Å². The molecule has 0 saturated heterocycles. The Labute approximate surface area is 163 Å². The molecule has 0 radical (unpaired) electrons. The van der Waals surface area contributed by atoms with Crippen LogP contribution in [0.15, 0.2) is 59.8 Å². The van der Waals surface area contributed by atoms with Crippen LogP contribution in [-0.4, -0.2) is 23.2 Å². The number of nitrogens with one attached hydrogen (secondary N) is 3. The van der Waals surface area contributed by atoms with Crippen molar-refractivity contribution in [1.82, 2.24) is 16.0 Å². The number of amides is 1. The van der Waals surface area contributed by atoms with Crippen LogP contribution in [0, 0.1) is 0 Å². The van der Waals surface area contributed by atoms with Gasteiger partial charge in [-0.05, 0) is 42.4 Å². The van der Waals surface area contributed by atoms with Gasteiger partial charge in [0.2, 0.25) is 0 Å². The molecule has 0 aromatic heterocycles. The van der Waals surface area contributed by atoms with Crippen molar-refractivity contribution < 1.29 is 14.6 Å². The van der Waals surface area contributed by atoms with Gasteiger partial charge in [-0.25, -0.2) is 0 Å². The molecule has 140 valence electrons. The lowest BCUT2D eigenvalue weighted by Crippen LogP contribution is -2.46. The smallest absolute Gasteiger partial charge is 0.251 e. The third kappa shape index (κ3) is 4.20. The van der Waals surface area contributed by atoms with E-state index in [-0.39, 0.29) is 11.7 Å². The first kappa shape index (κ1) is 18.7. The number of phenolic OH excluding ortho intramolecular Hbond substituents is 1. The van der Waals surface area contributed by atoms with Crippen molar-refractivity contribution in [2.75, 3.05) is 7.11 Å². The molecule has 1 aliphatic rings. The number of hydrogen-bond acceptors (Lipinski definition) is 4. The molecule has 2 aromatic carbocycles. The summed E-state index contributed by atoms with van der Waals surface area (Å²) in [5.74, 6) is 0.171. The van der Waals surface area contributed by atoms with E-state index in [1.807, 2.05) is 37.3 Å². The van der Waals surface area contributed by atoms with Gasteiger partial charge < -0.3 is 25.8 Å². The number of methoxy groups -OCH3 is 1. The maximum atomic E-state index is 12.9. The molecule has 0 fully saturated rings. The first-order valence-electron chi connectivity index (χ1n) is 8.47. The molecule has 0 saturated carbocycles. The van der Waals surface area contributed by atoms with Crippen LogP contribution in [0.5, 0.6) is 11.5 Å². The Balaban J connectivity index is 1.88. The summed E-state index contributed by atoms with van der Waals surface area (Å²) in [6.45, 7) is 2.24. The van der Waals surface area contributed by atoms with E-state index in [0.717, 1.165) is 11.1 Å². The maximum absolute atomic E-state index is 12.9. The highest BCUT2D eigenvalue weighted by atomic mass is 32.1. The summed E-state index contributed by atoms with van der Waals surface area (Å²) in [4.78, 5) is 12.9. The van der Waals surface area contributed by atoms with Crippen LogP contribution in [0.1, 0.15) is 24.1 Å². The average Bonchev–Trinajstić information content (AvgIpc) is 2.66. The van der Waals surface area contributed by atoms with Gasteiger partial charge in [-0.2, -0.15) is 0 Å². The van der Waals surface area contributed by atoms with E-state index in [2.05, 4.69) is 16.0 Å². The van der Waals surface area contributed by atoms with Gasteiger partial charge in [0.15, 0.2) is 16.6 Å². The number of hydrogen-bond donors (Lipinski definition) is 4. The molecule has 6 nitrogen and oxygen atoms in total. The van der Waals surface area contributed by atoms with Crippen LogP contribution in [0.4, 0.5) is 0 Å². The molecule has 1 atom stereocenters. The van der Waals surface area contributed by atoms with Gasteiger partial charge in [0.1, 0.15) is 0 Å². The molecule has 4 N–H and O–H groups in total. The van der Waals surface area contributed by atoms with E-state index in [1.165, 1.54) is 13.2 Å². The first-order chi connectivity index (χ1) is 13.0. The summed E-state index contributed by atoms with van der Waals surface area (Å²) >= 11 is 5.26. The maximum Gasteiger partial charge on any atom is 0.251 e. The predicted octanol–water partition coefficient (Wildman–Crippen LogP) is 2.51. The topological polar surface area (TPSA) is 82.6 Å². The molecule has 1 heterocycles. The van der Waals surface area contributed by atoms with Crippen molar-refractivity contribution in [3.63, 3.8) is 0 Å². The second-order valence-electron chi connectivity index (χ2n) is 6.17. The van der Waals surface area contributed by atoms with Gasteiger partial charge in [-0.15, -0.1) is 0 Å². The van der Waals surface area contributed by atoms with Gasteiger partial charge in [0.05, 0.1) is 18.7 Å². The quantitative estimate of drug-likeness (QED) is 0.594. The second-order valence-corrected chi connectivity index (χ2v) is 6.58. The molecule has 27 heavy (non-hydrogen) atoms. The summed E-state index contributed by atoms with van der Waals surface area (Å²) in [5, 5.41) is 19.4. The molecule has 2 aromatic rings. The largest absolute Gasteiger partial charge is 0.504 e. The van der Waals surface area contributed by atoms with Gasteiger partial charge >= 0.3 is 0 Å². The van der Waals surface area contributed by atoms with Crippen LogP contribution >= 0.6 is 12.2 Å². The van der Waals surface area contributed by atoms with Crippen LogP contribution in [0.3, 0.4) is 0 Å². The molecule has 0 aliphatic carbocycles.